The number of carboxylic acid groups (broad SMARTS) is 1. The molecular formula is C32H36N6O5. The molecule has 1 fully saturated rings. The van der Waals surface area contributed by atoms with Crippen LogP contribution in [0.5, 0.6) is 5.75 Å². The molecular weight excluding hydrogens is 548 g/mol. The van der Waals surface area contributed by atoms with Gasteiger partial charge in [-0.25, -0.2) is 19.6 Å². The number of nitrogens with zero attached hydrogens (tertiary/aromatic N) is 3. The van der Waals surface area contributed by atoms with Gasteiger partial charge >= 0.3 is 12.1 Å². The first-order valence-corrected chi connectivity index (χ1v) is 14.1. The molecule has 11 heteroatoms. The highest BCUT2D eigenvalue weighted by molar-refractivity contribution is 6.10. The Morgan fingerprint density at radius 1 is 0.930 bits per heavy atom. The number of morpholine rings is 1. The molecule has 0 radical (unpaired) electrons. The fourth-order valence-corrected chi connectivity index (χ4v) is 5.05. The van der Waals surface area contributed by atoms with Crippen LogP contribution in [0.2, 0.25) is 0 Å². The van der Waals surface area contributed by atoms with E-state index in [1.807, 2.05) is 69.6 Å². The number of fused-ring (bicyclic) bond motifs is 1. The summed E-state index contributed by atoms with van der Waals surface area (Å²) in [4.78, 5) is 36.2. The zero-order valence-electron chi connectivity index (χ0n) is 24.7. The number of anilines is 3. The Morgan fingerprint density at radius 2 is 1.56 bits per heavy atom. The molecule has 0 bridgehead atoms. The van der Waals surface area contributed by atoms with Crippen molar-refractivity contribution in [3.63, 3.8) is 0 Å². The molecule has 0 atom stereocenters. The maximum atomic E-state index is 13.3. The van der Waals surface area contributed by atoms with Gasteiger partial charge in [0.15, 0.2) is 5.75 Å². The Hall–Kier alpha value is -4.74. The lowest BCUT2D eigenvalue weighted by Crippen LogP contribution is -2.36. The first kappa shape index (κ1) is 29.7. The molecule has 1 aromatic heterocycles. The maximum Gasteiger partial charge on any atom is 0.409 e. The molecule has 4 N–H and O–H groups in total. The highest BCUT2D eigenvalue weighted by atomic mass is 16.5. The van der Waals surface area contributed by atoms with Gasteiger partial charge in [-0.05, 0) is 40.1 Å². The first-order chi connectivity index (χ1) is 20.6. The zero-order valence-corrected chi connectivity index (χ0v) is 24.7. The van der Waals surface area contributed by atoms with Crippen LogP contribution in [0.25, 0.3) is 21.9 Å². The van der Waals surface area contributed by atoms with E-state index in [9.17, 15) is 14.7 Å². The van der Waals surface area contributed by atoms with E-state index in [4.69, 9.17) is 9.47 Å². The van der Waals surface area contributed by atoms with E-state index in [0.717, 1.165) is 59.6 Å². The number of carbonyl (C=O) groups excluding carboxylic acids is 1. The molecule has 2 heterocycles. The van der Waals surface area contributed by atoms with Gasteiger partial charge in [-0.1, -0.05) is 51.1 Å². The van der Waals surface area contributed by atoms with E-state index in [-0.39, 0.29) is 16.9 Å². The van der Waals surface area contributed by atoms with Crippen LogP contribution in [0.15, 0.2) is 60.9 Å². The van der Waals surface area contributed by atoms with Crippen molar-refractivity contribution in [1.82, 2.24) is 14.9 Å². The van der Waals surface area contributed by atoms with Crippen molar-refractivity contribution in [2.24, 2.45) is 0 Å². The van der Waals surface area contributed by atoms with E-state index in [1.165, 1.54) is 7.11 Å². The first-order valence-electron chi connectivity index (χ1n) is 14.1. The summed E-state index contributed by atoms with van der Waals surface area (Å²) in [5, 5.41) is 19.3. The van der Waals surface area contributed by atoms with Crippen LogP contribution in [0.4, 0.5) is 26.7 Å². The summed E-state index contributed by atoms with van der Waals surface area (Å²) < 4.78 is 10.9. The molecule has 43 heavy (non-hydrogen) atoms. The third-order valence-electron chi connectivity index (χ3n) is 7.31. The Kier molecular flexibility index (Phi) is 8.74. The second-order valence-electron chi connectivity index (χ2n) is 11.3. The van der Waals surface area contributed by atoms with Gasteiger partial charge in [-0.15, -0.1) is 0 Å². The molecule has 3 aromatic carbocycles. The molecule has 1 saturated heterocycles. The lowest BCUT2D eigenvalue weighted by Gasteiger charge is -2.25. The summed E-state index contributed by atoms with van der Waals surface area (Å²) in [6.45, 7) is 9.86. The third kappa shape index (κ3) is 7.02. The fourth-order valence-electron chi connectivity index (χ4n) is 5.05. The second kappa shape index (κ2) is 12.6. The number of urea groups is 1. The number of ether oxygens (including phenoxy) is 2. The maximum absolute atomic E-state index is 13.3. The molecule has 0 unspecified atom stereocenters. The highest BCUT2D eigenvalue weighted by Gasteiger charge is 2.22. The van der Waals surface area contributed by atoms with Crippen molar-refractivity contribution in [3.8, 4) is 16.9 Å². The number of rotatable bonds is 7. The zero-order chi connectivity index (χ0) is 30.6. The monoisotopic (exact) mass is 584 g/mol. The van der Waals surface area contributed by atoms with Crippen molar-refractivity contribution in [2.45, 2.75) is 32.7 Å². The summed E-state index contributed by atoms with van der Waals surface area (Å²) in [5.41, 5.74) is 3.52. The Balaban J connectivity index is 1.39. The summed E-state index contributed by atoms with van der Waals surface area (Å²) >= 11 is 0. The van der Waals surface area contributed by atoms with Crippen LogP contribution in [0.1, 0.15) is 32.2 Å². The van der Waals surface area contributed by atoms with Crippen LogP contribution in [-0.2, 0) is 16.7 Å². The number of hydrogen-bond acceptors (Lipinski definition) is 7. The Morgan fingerprint density at radius 3 is 2.19 bits per heavy atom. The smallest absolute Gasteiger partial charge is 0.409 e. The lowest BCUT2D eigenvalue weighted by molar-refractivity contribution is 0.0330. The second-order valence-corrected chi connectivity index (χ2v) is 11.3. The quantitative estimate of drug-likeness (QED) is 0.202. The number of benzene rings is 3. The number of methoxy groups -OCH3 is 1. The van der Waals surface area contributed by atoms with Crippen LogP contribution in [-0.4, -0.2) is 65.5 Å². The van der Waals surface area contributed by atoms with Gasteiger partial charge in [-0.3, -0.25) is 10.2 Å². The summed E-state index contributed by atoms with van der Waals surface area (Å²) in [6, 6.07) is 14.6. The van der Waals surface area contributed by atoms with Crippen LogP contribution >= 0.6 is 0 Å². The summed E-state index contributed by atoms with van der Waals surface area (Å²) in [5.74, 6) is 0.973. The average Bonchev–Trinajstić information content (AvgIpc) is 2.97. The molecule has 4 aromatic rings. The van der Waals surface area contributed by atoms with Crippen LogP contribution in [0.3, 0.4) is 0 Å². The highest BCUT2D eigenvalue weighted by Crippen LogP contribution is 2.39. The van der Waals surface area contributed by atoms with Gasteiger partial charge < -0.3 is 25.2 Å². The lowest BCUT2D eigenvalue weighted by atomic mass is 9.86. The number of carbonyl (C=O) groups is 2. The summed E-state index contributed by atoms with van der Waals surface area (Å²) in [6.07, 6.45) is 2.44. The third-order valence-corrected chi connectivity index (χ3v) is 7.31. The molecule has 1 aliphatic heterocycles. The minimum atomic E-state index is -1.23. The molecule has 11 nitrogen and oxygen atoms in total. The molecule has 0 saturated carbocycles. The SMILES string of the molecule is COc1c(NC(=O)O)cc(C(C)(C)C)cc1NC(=O)Nc1ccc(-c2cnc(CN3CCOCC3)nc2)c2ccccc12. The Bertz CT molecular complexity index is 1630. The Labute approximate surface area is 250 Å². The average molecular weight is 585 g/mol. The molecule has 5 rings (SSSR count). The van der Waals surface area contributed by atoms with Crippen molar-refractivity contribution < 1.29 is 24.2 Å². The van der Waals surface area contributed by atoms with E-state index < -0.39 is 12.1 Å². The molecule has 0 aliphatic carbocycles. The number of aromatic nitrogens is 2. The number of amides is 3. The molecule has 1 aliphatic rings. The minimum absolute atomic E-state index is 0.211. The van der Waals surface area contributed by atoms with Gasteiger partial charge in [0.25, 0.3) is 0 Å². The predicted molar refractivity (Wildman–Crippen MR) is 167 cm³/mol. The van der Waals surface area contributed by atoms with Crippen molar-refractivity contribution in [1.29, 1.82) is 0 Å². The number of hydrogen-bond donors (Lipinski definition) is 4. The summed E-state index contributed by atoms with van der Waals surface area (Å²) in [7, 11) is 1.42. The fraction of sp³-hybridized carbons (Fsp3) is 0.312. The van der Waals surface area contributed by atoms with Crippen molar-refractivity contribution >= 4 is 40.0 Å². The van der Waals surface area contributed by atoms with E-state index in [1.54, 1.807) is 12.1 Å². The largest absolute Gasteiger partial charge is 0.492 e. The minimum Gasteiger partial charge on any atom is -0.492 e. The van der Waals surface area contributed by atoms with Gasteiger partial charge in [0.05, 0.1) is 43.9 Å². The molecule has 3 amide bonds. The normalized spacial score (nSPS) is 13.9. The van der Waals surface area contributed by atoms with E-state index in [2.05, 4.69) is 30.8 Å². The number of nitrogens with one attached hydrogen (secondary N) is 3. The standard InChI is InChI=1S/C32H36N6O5/c1-32(2,3)21-15-26(29(42-4)27(16-21)37-31(40)41)36-30(39)35-25-10-9-22(23-7-5-6-8-24(23)25)20-17-33-28(34-18-20)19-38-11-13-43-14-12-38/h5-10,15-18,37H,11-14,19H2,1-4H3,(H,40,41)(H2,35,36,39). The van der Waals surface area contributed by atoms with Gasteiger partial charge in [0, 0.05) is 36.4 Å². The van der Waals surface area contributed by atoms with Gasteiger partial charge in [-0.2, -0.15) is 0 Å². The predicted octanol–water partition coefficient (Wildman–Crippen LogP) is 6.17. The van der Waals surface area contributed by atoms with Crippen molar-refractivity contribution in [2.75, 3.05) is 49.4 Å². The van der Waals surface area contributed by atoms with Crippen molar-refractivity contribution in [3.05, 3.63) is 72.3 Å². The molecule has 0 spiro atoms. The topological polar surface area (TPSA) is 138 Å². The van der Waals surface area contributed by atoms with E-state index in [0.29, 0.717) is 17.9 Å². The molecule has 224 valence electrons. The van der Waals surface area contributed by atoms with Gasteiger partial charge in [0.1, 0.15) is 5.82 Å². The van der Waals surface area contributed by atoms with E-state index >= 15 is 0 Å². The van der Waals surface area contributed by atoms with Crippen LogP contribution < -0.4 is 20.7 Å². The van der Waals surface area contributed by atoms with Crippen LogP contribution in [0, 0.1) is 0 Å². The van der Waals surface area contributed by atoms with Gasteiger partial charge in [0.2, 0.25) is 0 Å².